The number of hydrogen-bond acceptors (Lipinski definition) is 2. The fourth-order valence-corrected chi connectivity index (χ4v) is 3.10. The summed E-state index contributed by atoms with van der Waals surface area (Å²) < 4.78 is 5.40. The molecule has 86 valence electrons. The largest absolute Gasteiger partial charge is 0.468 e. The maximum Gasteiger partial charge on any atom is 0.120 e. The van der Waals surface area contributed by atoms with Gasteiger partial charge < -0.3 is 9.73 Å². The third-order valence-electron chi connectivity index (χ3n) is 4.07. The van der Waals surface area contributed by atoms with E-state index in [0.717, 1.165) is 30.1 Å². The maximum atomic E-state index is 5.40. The molecule has 0 spiro atoms. The van der Waals surface area contributed by atoms with Crippen molar-refractivity contribution in [3.05, 3.63) is 36.3 Å². The predicted octanol–water partition coefficient (Wildman–Crippen LogP) is 3.14. The van der Waals surface area contributed by atoms with Crippen molar-refractivity contribution in [2.45, 2.75) is 25.8 Å². The van der Waals surface area contributed by atoms with Crippen molar-refractivity contribution in [2.75, 3.05) is 6.54 Å². The molecule has 0 saturated heterocycles. The molecule has 16 heavy (non-hydrogen) atoms. The van der Waals surface area contributed by atoms with Crippen LogP contribution in [0.2, 0.25) is 0 Å². The Hall–Kier alpha value is -1.02. The summed E-state index contributed by atoms with van der Waals surface area (Å²) in [6, 6.07) is 4.32. The molecular weight excluding hydrogens is 198 g/mol. The summed E-state index contributed by atoms with van der Waals surface area (Å²) >= 11 is 0. The smallest absolute Gasteiger partial charge is 0.120 e. The Morgan fingerprint density at radius 3 is 3.00 bits per heavy atom. The van der Waals surface area contributed by atoms with Gasteiger partial charge in [-0.05, 0) is 56.2 Å². The van der Waals surface area contributed by atoms with Crippen molar-refractivity contribution < 1.29 is 4.42 Å². The summed E-state index contributed by atoms with van der Waals surface area (Å²) in [7, 11) is 0. The Bertz CT molecular complexity index is 368. The number of fused-ring (bicyclic) bond motifs is 2. The first-order valence-electron chi connectivity index (χ1n) is 6.28. The van der Waals surface area contributed by atoms with Crippen molar-refractivity contribution in [3.63, 3.8) is 0 Å². The molecule has 1 fully saturated rings. The topological polar surface area (TPSA) is 25.2 Å². The van der Waals surface area contributed by atoms with Gasteiger partial charge in [-0.1, -0.05) is 12.2 Å². The fraction of sp³-hybridized carbons (Fsp3) is 0.571. The molecule has 4 atom stereocenters. The highest BCUT2D eigenvalue weighted by Crippen LogP contribution is 2.43. The van der Waals surface area contributed by atoms with Crippen molar-refractivity contribution >= 4 is 0 Å². The molecule has 1 N–H and O–H groups in total. The first-order chi connectivity index (χ1) is 7.83. The van der Waals surface area contributed by atoms with E-state index in [2.05, 4.69) is 24.4 Å². The van der Waals surface area contributed by atoms with Gasteiger partial charge in [-0.15, -0.1) is 0 Å². The van der Waals surface area contributed by atoms with Crippen LogP contribution >= 0.6 is 0 Å². The van der Waals surface area contributed by atoms with Gasteiger partial charge in [0, 0.05) is 0 Å². The van der Waals surface area contributed by atoms with Crippen LogP contribution in [0.1, 0.15) is 31.6 Å². The summed E-state index contributed by atoms with van der Waals surface area (Å²) in [5.74, 6) is 3.59. The molecule has 2 aliphatic carbocycles. The molecule has 3 unspecified atom stereocenters. The summed E-state index contributed by atoms with van der Waals surface area (Å²) in [4.78, 5) is 0. The molecule has 0 radical (unpaired) electrons. The van der Waals surface area contributed by atoms with Crippen LogP contribution in [0, 0.1) is 17.8 Å². The molecule has 2 heteroatoms. The van der Waals surface area contributed by atoms with Crippen LogP contribution < -0.4 is 5.32 Å². The van der Waals surface area contributed by atoms with E-state index < -0.39 is 0 Å². The minimum absolute atomic E-state index is 0.332. The van der Waals surface area contributed by atoms with E-state index in [4.69, 9.17) is 4.42 Å². The van der Waals surface area contributed by atoms with Crippen molar-refractivity contribution in [1.82, 2.24) is 5.32 Å². The number of hydrogen-bond donors (Lipinski definition) is 1. The Kier molecular flexibility index (Phi) is 2.60. The molecule has 1 aromatic rings. The van der Waals surface area contributed by atoms with E-state index in [1.54, 1.807) is 6.26 Å². The van der Waals surface area contributed by atoms with Gasteiger partial charge >= 0.3 is 0 Å². The minimum Gasteiger partial charge on any atom is -0.468 e. The second-order valence-corrected chi connectivity index (χ2v) is 5.19. The molecule has 2 aliphatic rings. The lowest BCUT2D eigenvalue weighted by Crippen LogP contribution is -2.27. The van der Waals surface area contributed by atoms with Crippen LogP contribution in [-0.2, 0) is 0 Å². The summed E-state index contributed by atoms with van der Waals surface area (Å²) in [5.41, 5.74) is 0. The summed E-state index contributed by atoms with van der Waals surface area (Å²) in [6.07, 6.45) is 9.32. The number of rotatable bonds is 4. The lowest BCUT2D eigenvalue weighted by Gasteiger charge is -2.20. The zero-order chi connectivity index (χ0) is 11.0. The Morgan fingerprint density at radius 2 is 2.38 bits per heavy atom. The highest BCUT2D eigenvalue weighted by atomic mass is 16.3. The van der Waals surface area contributed by atoms with Gasteiger partial charge in [-0.2, -0.15) is 0 Å². The highest BCUT2D eigenvalue weighted by molar-refractivity contribution is 5.11. The first kappa shape index (κ1) is 10.2. The molecule has 0 aliphatic heterocycles. The number of allylic oxidation sites excluding steroid dienone is 2. The Morgan fingerprint density at radius 1 is 1.44 bits per heavy atom. The second-order valence-electron chi connectivity index (χ2n) is 5.19. The molecule has 2 bridgehead atoms. The average Bonchev–Trinajstić information content (AvgIpc) is 3.01. The van der Waals surface area contributed by atoms with E-state index in [0.29, 0.717) is 6.04 Å². The number of furan rings is 1. The van der Waals surface area contributed by atoms with Crippen LogP contribution in [0.5, 0.6) is 0 Å². The molecule has 3 rings (SSSR count). The normalized spacial score (nSPS) is 33.4. The van der Waals surface area contributed by atoms with Crippen LogP contribution in [0.4, 0.5) is 0 Å². The van der Waals surface area contributed by atoms with Gasteiger partial charge in [0.15, 0.2) is 0 Å². The van der Waals surface area contributed by atoms with E-state index in [1.165, 1.54) is 12.8 Å². The highest BCUT2D eigenvalue weighted by Gasteiger charge is 2.35. The lowest BCUT2D eigenvalue weighted by molar-refractivity contribution is 0.365. The molecule has 1 aromatic heterocycles. The van der Waals surface area contributed by atoms with Crippen molar-refractivity contribution in [3.8, 4) is 0 Å². The van der Waals surface area contributed by atoms with E-state index in [-0.39, 0.29) is 0 Å². The lowest BCUT2D eigenvalue weighted by atomic mass is 9.93. The molecule has 0 amide bonds. The van der Waals surface area contributed by atoms with Crippen LogP contribution in [-0.4, -0.2) is 6.54 Å². The SMILES string of the molecule is C[C@@H](NCC1CC2C=CC1C2)c1ccco1. The quantitative estimate of drug-likeness (QED) is 0.784. The monoisotopic (exact) mass is 217 g/mol. The Labute approximate surface area is 96.7 Å². The zero-order valence-electron chi connectivity index (χ0n) is 9.73. The fourth-order valence-electron chi connectivity index (χ4n) is 3.10. The Balaban J connectivity index is 1.52. The average molecular weight is 217 g/mol. The van der Waals surface area contributed by atoms with Gasteiger partial charge in [0.25, 0.3) is 0 Å². The minimum atomic E-state index is 0.332. The van der Waals surface area contributed by atoms with Crippen LogP contribution in [0.25, 0.3) is 0 Å². The molecule has 1 saturated carbocycles. The predicted molar refractivity (Wildman–Crippen MR) is 64.0 cm³/mol. The summed E-state index contributed by atoms with van der Waals surface area (Å²) in [5, 5.41) is 3.58. The van der Waals surface area contributed by atoms with Gasteiger partial charge in [-0.25, -0.2) is 0 Å². The molecule has 0 aromatic carbocycles. The maximum absolute atomic E-state index is 5.40. The van der Waals surface area contributed by atoms with Gasteiger partial charge in [0.1, 0.15) is 5.76 Å². The van der Waals surface area contributed by atoms with E-state index >= 15 is 0 Å². The molecule has 2 nitrogen and oxygen atoms in total. The van der Waals surface area contributed by atoms with Gasteiger partial charge in [0.2, 0.25) is 0 Å². The van der Waals surface area contributed by atoms with E-state index in [9.17, 15) is 0 Å². The van der Waals surface area contributed by atoms with Crippen LogP contribution in [0.15, 0.2) is 35.0 Å². The first-order valence-corrected chi connectivity index (χ1v) is 6.28. The van der Waals surface area contributed by atoms with Crippen LogP contribution in [0.3, 0.4) is 0 Å². The third-order valence-corrected chi connectivity index (χ3v) is 4.07. The van der Waals surface area contributed by atoms with Crippen molar-refractivity contribution in [2.24, 2.45) is 17.8 Å². The second kappa shape index (κ2) is 4.10. The molecular formula is C14H19NO. The standard InChI is InChI=1S/C14H19NO/c1-10(14-3-2-6-16-14)15-9-13-8-11-4-5-12(13)7-11/h2-6,10-13,15H,7-9H2,1H3/t10-,11?,12?,13?/m1/s1. The molecule has 1 heterocycles. The van der Waals surface area contributed by atoms with Gasteiger partial charge in [-0.3, -0.25) is 0 Å². The third kappa shape index (κ3) is 1.82. The zero-order valence-corrected chi connectivity index (χ0v) is 9.73. The van der Waals surface area contributed by atoms with Crippen molar-refractivity contribution in [1.29, 1.82) is 0 Å². The summed E-state index contributed by atoms with van der Waals surface area (Å²) in [6.45, 7) is 3.29. The number of nitrogens with one attached hydrogen (secondary N) is 1. The van der Waals surface area contributed by atoms with E-state index in [1.807, 2.05) is 12.1 Å². The van der Waals surface area contributed by atoms with Gasteiger partial charge in [0.05, 0.1) is 12.3 Å².